The summed E-state index contributed by atoms with van der Waals surface area (Å²) in [6.45, 7) is 4.76. The monoisotopic (exact) mass is 441 g/mol. The highest BCUT2D eigenvalue weighted by molar-refractivity contribution is 6.30. The van der Waals surface area contributed by atoms with E-state index in [0.29, 0.717) is 24.1 Å². The zero-order valence-corrected chi connectivity index (χ0v) is 18.0. The fourth-order valence-corrected chi connectivity index (χ4v) is 3.94. The SMILES string of the molecule is CCOC(=O)[C@H]1C(=O)NC(N2CCN(c3ccccn3)CC2)=N[C@@H]1c1ccc(Cl)cc1. The lowest BCUT2D eigenvalue weighted by Gasteiger charge is -2.39. The minimum Gasteiger partial charge on any atom is -0.465 e. The van der Waals surface area contributed by atoms with E-state index in [1.54, 1.807) is 37.4 Å². The number of halogens is 1. The zero-order chi connectivity index (χ0) is 21.8. The van der Waals surface area contributed by atoms with Gasteiger partial charge in [-0.3, -0.25) is 14.9 Å². The van der Waals surface area contributed by atoms with E-state index in [-0.39, 0.29) is 6.61 Å². The van der Waals surface area contributed by atoms with Gasteiger partial charge in [0.2, 0.25) is 11.9 Å². The fraction of sp³-hybridized carbons (Fsp3) is 0.364. The Bertz CT molecular complexity index is 959. The van der Waals surface area contributed by atoms with Crippen LogP contribution in [0.25, 0.3) is 0 Å². The van der Waals surface area contributed by atoms with Gasteiger partial charge < -0.3 is 14.5 Å². The van der Waals surface area contributed by atoms with Crippen LogP contribution in [0.1, 0.15) is 18.5 Å². The Labute approximate surface area is 185 Å². The third-order valence-corrected chi connectivity index (χ3v) is 5.65. The number of guanidine groups is 1. The molecule has 9 heteroatoms. The quantitative estimate of drug-likeness (QED) is 0.578. The molecule has 0 bridgehead atoms. The van der Waals surface area contributed by atoms with Gasteiger partial charge in [0.15, 0.2) is 5.92 Å². The summed E-state index contributed by atoms with van der Waals surface area (Å²) in [7, 11) is 0. The predicted molar refractivity (Wildman–Crippen MR) is 118 cm³/mol. The maximum Gasteiger partial charge on any atom is 0.321 e. The van der Waals surface area contributed by atoms with Crippen molar-refractivity contribution < 1.29 is 14.3 Å². The summed E-state index contributed by atoms with van der Waals surface area (Å²) in [5.41, 5.74) is 0.738. The lowest BCUT2D eigenvalue weighted by atomic mass is 9.91. The van der Waals surface area contributed by atoms with Crippen LogP contribution in [0.15, 0.2) is 53.7 Å². The second-order valence-corrected chi connectivity index (χ2v) is 7.77. The van der Waals surface area contributed by atoms with Gasteiger partial charge in [0, 0.05) is 37.4 Å². The van der Waals surface area contributed by atoms with Crippen molar-refractivity contribution in [3.8, 4) is 0 Å². The van der Waals surface area contributed by atoms with Gasteiger partial charge in [-0.25, -0.2) is 9.98 Å². The number of ether oxygens (including phenoxy) is 1. The van der Waals surface area contributed by atoms with Crippen LogP contribution in [0.3, 0.4) is 0 Å². The average Bonchev–Trinajstić information content (AvgIpc) is 2.80. The molecular weight excluding hydrogens is 418 g/mol. The van der Waals surface area contributed by atoms with Crippen molar-refractivity contribution in [3.63, 3.8) is 0 Å². The predicted octanol–water partition coefficient (Wildman–Crippen LogP) is 2.26. The van der Waals surface area contributed by atoms with Gasteiger partial charge in [0.05, 0.1) is 6.61 Å². The van der Waals surface area contributed by atoms with E-state index < -0.39 is 23.8 Å². The second-order valence-electron chi connectivity index (χ2n) is 7.33. The van der Waals surface area contributed by atoms with Gasteiger partial charge in [-0.1, -0.05) is 29.8 Å². The van der Waals surface area contributed by atoms with Gasteiger partial charge in [0.1, 0.15) is 11.9 Å². The molecule has 0 radical (unpaired) electrons. The Morgan fingerprint density at radius 2 is 1.84 bits per heavy atom. The van der Waals surface area contributed by atoms with Crippen LogP contribution < -0.4 is 10.2 Å². The number of piperazine rings is 1. The third kappa shape index (κ3) is 4.64. The van der Waals surface area contributed by atoms with Gasteiger partial charge in [0.25, 0.3) is 0 Å². The molecular formula is C22H24ClN5O3. The number of hydrogen-bond acceptors (Lipinski definition) is 7. The number of nitrogens with one attached hydrogen (secondary N) is 1. The summed E-state index contributed by atoms with van der Waals surface area (Å²) in [5, 5.41) is 3.39. The minimum atomic E-state index is -1.04. The number of esters is 1. The van der Waals surface area contributed by atoms with Crippen LogP contribution in [0, 0.1) is 5.92 Å². The highest BCUT2D eigenvalue weighted by atomic mass is 35.5. The highest BCUT2D eigenvalue weighted by Crippen LogP contribution is 2.31. The number of benzene rings is 1. The summed E-state index contributed by atoms with van der Waals surface area (Å²) in [4.78, 5) is 38.9. The van der Waals surface area contributed by atoms with Crippen molar-refractivity contribution in [2.45, 2.75) is 13.0 Å². The molecule has 1 fully saturated rings. The summed E-state index contributed by atoms with van der Waals surface area (Å²) in [6, 6.07) is 12.2. The maximum atomic E-state index is 12.9. The molecule has 3 heterocycles. The summed E-state index contributed by atoms with van der Waals surface area (Å²) in [5.74, 6) is -0.623. The largest absolute Gasteiger partial charge is 0.465 e. The molecule has 162 valence electrons. The van der Waals surface area contributed by atoms with Gasteiger partial charge in [-0.05, 0) is 36.8 Å². The average molecular weight is 442 g/mol. The summed E-state index contributed by atoms with van der Waals surface area (Å²) < 4.78 is 5.15. The second kappa shape index (κ2) is 9.34. The lowest BCUT2D eigenvalue weighted by molar-refractivity contribution is -0.153. The smallest absolute Gasteiger partial charge is 0.321 e. The molecule has 1 aromatic heterocycles. The number of anilines is 1. The number of rotatable bonds is 4. The van der Waals surface area contributed by atoms with Crippen molar-refractivity contribution >= 4 is 35.3 Å². The van der Waals surface area contributed by atoms with Crippen LogP contribution in [0.4, 0.5) is 5.82 Å². The molecule has 1 amide bonds. The fourth-order valence-electron chi connectivity index (χ4n) is 3.81. The Hall–Kier alpha value is -3.13. The number of aromatic nitrogens is 1. The van der Waals surface area contributed by atoms with Crippen molar-refractivity contribution in [2.75, 3.05) is 37.7 Å². The molecule has 2 aliphatic heterocycles. The molecule has 31 heavy (non-hydrogen) atoms. The zero-order valence-electron chi connectivity index (χ0n) is 17.2. The van der Waals surface area contributed by atoms with Crippen LogP contribution in [-0.4, -0.2) is 60.5 Å². The number of carbonyl (C=O) groups is 2. The number of hydrogen-bond donors (Lipinski definition) is 1. The first-order chi connectivity index (χ1) is 15.1. The molecule has 2 aromatic rings. The van der Waals surface area contributed by atoms with Crippen LogP contribution >= 0.6 is 11.6 Å². The normalized spacial score (nSPS) is 21.4. The van der Waals surface area contributed by atoms with E-state index in [2.05, 4.69) is 15.2 Å². The molecule has 0 spiro atoms. The first kappa shape index (κ1) is 21.1. The Kier molecular flexibility index (Phi) is 6.36. The highest BCUT2D eigenvalue weighted by Gasteiger charge is 2.42. The summed E-state index contributed by atoms with van der Waals surface area (Å²) >= 11 is 6.02. The molecule has 0 unspecified atom stereocenters. The molecule has 4 rings (SSSR count). The van der Waals surface area contributed by atoms with E-state index >= 15 is 0 Å². The molecule has 2 aliphatic rings. The molecule has 0 aliphatic carbocycles. The minimum absolute atomic E-state index is 0.196. The summed E-state index contributed by atoms with van der Waals surface area (Å²) in [6.07, 6.45) is 1.78. The van der Waals surface area contributed by atoms with E-state index in [4.69, 9.17) is 21.3 Å². The maximum absolute atomic E-state index is 12.9. The van der Waals surface area contributed by atoms with Gasteiger partial charge >= 0.3 is 5.97 Å². The molecule has 1 N–H and O–H groups in total. The van der Waals surface area contributed by atoms with Crippen molar-refractivity contribution in [3.05, 3.63) is 59.2 Å². The molecule has 1 saturated heterocycles. The topological polar surface area (TPSA) is 87.1 Å². The number of amides is 1. The Morgan fingerprint density at radius 1 is 1.13 bits per heavy atom. The Morgan fingerprint density at radius 3 is 2.48 bits per heavy atom. The number of carbonyl (C=O) groups excluding carboxylic acids is 2. The van der Waals surface area contributed by atoms with Gasteiger partial charge in [-0.2, -0.15) is 0 Å². The van der Waals surface area contributed by atoms with Crippen molar-refractivity contribution in [1.29, 1.82) is 0 Å². The van der Waals surface area contributed by atoms with E-state index in [1.165, 1.54) is 0 Å². The molecule has 8 nitrogen and oxygen atoms in total. The van der Waals surface area contributed by atoms with E-state index in [9.17, 15) is 9.59 Å². The molecule has 0 saturated carbocycles. The lowest BCUT2D eigenvalue weighted by Crippen LogP contribution is -2.57. The number of aliphatic imine (C=N–C) groups is 1. The first-order valence-corrected chi connectivity index (χ1v) is 10.7. The molecule has 2 atom stereocenters. The van der Waals surface area contributed by atoms with Crippen LogP contribution in [0.2, 0.25) is 5.02 Å². The number of pyridine rings is 1. The van der Waals surface area contributed by atoms with Crippen LogP contribution in [-0.2, 0) is 14.3 Å². The standard InChI is InChI=1S/C22H24ClN5O3/c1-2-31-21(30)18-19(15-6-8-16(23)9-7-15)25-22(26-20(18)29)28-13-11-27(12-14-28)17-5-3-4-10-24-17/h3-10,18-19H,2,11-14H2,1H3,(H,25,26,29)/t18-,19-/m1/s1. The molecule has 1 aromatic carbocycles. The number of nitrogens with zero attached hydrogens (tertiary/aromatic N) is 4. The van der Waals surface area contributed by atoms with Crippen molar-refractivity contribution in [1.82, 2.24) is 15.2 Å². The third-order valence-electron chi connectivity index (χ3n) is 5.40. The van der Waals surface area contributed by atoms with Crippen molar-refractivity contribution in [2.24, 2.45) is 10.9 Å². The van der Waals surface area contributed by atoms with Crippen LogP contribution in [0.5, 0.6) is 0 Å². The Balaban J connectivity index is 1.56. The van der Waals surface area contributed by atoms with Gasteiger partial charge in [-0.15, -0.1) is 0 Å². The van der Waals surface area contributed by atoms with E-state index in [1.807, 2.05) is 23.1 Å². The first-order valence-electron chi connectivity index (χ1n) is 10.3. The van der Waals surface area contributed by atoms with E-state index in [0.717, 1.165) is 24.5 Å².